The van der Waals surface area contributed by atoms with Gasteiger partial charge in [0.2, 0.25) is 0 Å². The molecule has 2 aromatic heterocycles. The Balaban J connectivity index is 1.25. The average molecular weight is 465 g/mol. The Bertz CT molecular complexity index is 1340. The van der Waals surface area contributed by atoms with Gasteiger partial charge >= 0.3 is 0 Å². The number of H-pyrrole nitrogens is 1. The van der Waals surface area contributed by atoms with Gasteiger partial charge < -0.3 is 4.90 Å². The average Bonchev–Trinajstić information content (AvgIpc) is 3.28. The van der Waals surface area contributed by atoms with Crippen LogP contribution in [0.25, 0.3) is 21.2 Å². The summed E-state index contributed by atoms with van der Waals surface area (Å²) in [5.41, 5.74) is 1.08. The number of aromatic nitrogens is 2. The maximum atomic E-state index is 13.1. The van der Waals surface area contributed by atoms with E-state index in [4.69, 9.17) is 11.6 Å². The summed E-state index contributed by atoms with van der Waals surface area (Å²) in [7, 11) is 0. The number of halogens is 1. The van der Waals surface area contributed by atoms with Crippen LogP contribution in [-0.2, 0) is 6.54 Å². The Morgan fingerprint density at radius 3 is 2.47 bits per heavy atom. The molecule has 0 atom stereocenters. The number of nitrogens with zero attached hydrogens (tertiary/aromatic N) is 3. The molecule has 6 nitrogen and oxygen atoms in total. The molecule has 0 radical (unpaired) electrons. The molecule has 5 rings (SSSR count). The summed E-state index contributed by atoms with van der Waals surface area (Å²) in [4.78, 5) is 31.7. The predicted molar refractivity (Wildman–Crippen MR) is 128 cm³/mol. The Hall–Kier alpha value is -3.00. The lowest BCUT2D eigenvalue weighted by Gasteiger charge is -2.34. The van der Waals surface area contributed by atoms with E-state index in [1.807, 2.05) is 35.2 Å². The second kappa shape index (κ2) is 8.86. The number of piperazine rings is 1. The second-order valence-electron chi connectivity index (χ2n) is 7.76. The molecule has 1 aliphatic heterocycles. The third-order valence-corrected chi connectivity index (χ3v) is 7.17. The number of aromatic amines is 1. The van der Waals surface area contributed by atoms with Gasteiger partial charge in [-0.1, -0.05) is 48.0 Å². The predicted octanol–water partition coefficient (Wildman–Crippen LogP) is 4.26. The van der Waals surface area contributed by atoms with Gasteiger partial charge in [-0.3, -0.25) is 14.5 Å². The fraction of sp³-hybridized carbons (Fsp3) is 0.208. The number of hydrogen-bond donors (Lipinski definition) is 1. The number of amides is 1. The fourth-order valence-corrected chi connectivity index (χ4v) is 5.41. The summed E-state index contributed by atoms with van der Waals surface area (Å²) in [5, 5.41) is 8.34. The Kier molecular flexibility index (Phi) is 5.78. The maximum Gasteiger partial charge on any atom is 0.275 e. The number of hydrogen-bond acceptors (Lipinski definition) is 5. The minimum Gasteiger partial charge on any atom is -0.335 e. The number of benzene rings is 2. The molecule has 1 aliphatic rings. The summed E-state index contributed by atoms with van der Waals surface area (Å²) < 4.78 is 0. The summed E-state index contributed by atoms with van der Waals surface area (Å²) in [6.07, 6.45) is 0. The molecule has 1 amide bonds. The standard InChI is InChI=1S/C24H21ClN4O2S/c25-20-8-4-3-7-19(20)21-10-9-16(32-21)15-28-11-13-29(14-12-28)24(31)22-17-5-1-2-6-18(17)23(30)27-26-22/h1-10H,11-15H2,(H,27,30). The highest BCUT2D eigenvalue weighted by molar-refractivity contribution is 7.15. The lowest BCUT2D eigenvalue weighted by Crippen LogP contribution is -2.48. The van der Waals surface area contributed by atoms with Crippen LogP contribution >= 0.6 is 22.9 Å². The minimum atomic E-state index is -0.283. The van der Waals surface area contributed by atoms with Crippen molar-refractivity contribution in [2.75, 3.05) is 26.2 Å². The van der Waals surface area contributed by atoms with E-state index in [0.29, 0.717) is 29.6 Å². The molecule has 162 valence electrons. The first-order valence-electron chi connectivity index (χ1n) is 10.4. The molecular weight excluding hydrogens is 444 g/mol. The highest BCUT2D eigenvalue weighted by atomic mass is 35.5. The van der Waals surface area contributed by atoms with E-state index >= 15 is 0 Å². The first kappa shape index (κ1) is 20.9. The van der Waals surface area contributed by atoms with Crippen molar-refractivity contribution in [3.63, 3.8) is 0 Å². The molecule has 3 heterocycles. The van der Waals surface area contributed by atoms with E-state index in [1.165, 1.54) is 4.88 Å². The zero-order valence-electron chi connectivity index (χ0n) is 17.3. The van der Waals surface area contributed by atoms with Crippen molar-refractivity contribution >= 4 is 39.6 Å². The van der Waals surface area contributed by atoms with Crippen molar-refractivity contribution < 1.29 is 4.79 Å². The van der Waals surface area contributed by atoms with Gasteiger partial charge in [0.15, 0.2) is 5.69 Å². The number of nitrogens with one attached hydrogen (secondary N) is 1. The van der Waals surface area contributed by atoms with Crippen LogP contribution in [0, 0.1) is 0 Å². The van der Waals surface area contributed by atoms with Crippen molar-refractivity contribution in [1.82, 2.24) is 20.0 Å². The van der Waals surface area contributed by atoms with Crippen LogP contribution in [0.4, 0.5) is 0 Å². The van der Waals surface area contributed by atoms with Gasteiger partial charge in [-0.2, -0.15) is 5.10 Å². The topological polar surface area (TPSA) is 69.3 Å². The van der Waals surface area contributed by atoms with Crippen LogP contribution in [0.3, 0.4) is 0 Å². The molecule has 0 bridgehead atoms. The third-order valence-electron chi connectivity index (χ3n) is 5.74. The molecule has 0 saturated carbocycles. The molecule has 2 aromatic carbocycles. The normalized spacial score (nSPS) is 14.7. The van der Waals surface area contributed by atoms with Crippen LogP contribution < -0.4 is 5.56 Å². The van der Waals surface area contributed by atoms with Crippen molar-refractivity contribution in [3.8, 4) is 10.4 Å². The highest BCUT2D eigenvalue weighted by Gasteiger charge is 2.25. The van der Waals surface area contributed by atoms with Gasteiger partial charge in [-0.15, -0.1) is 11.3 Å². The molecule has 0 aliphatic carbocycles. The minimum absolute atomic E-state index is 0.144. The van der Waals surface area contributed by atoms with Crippen LogP contribution in [0.15, 0.2) is 65.5 Å². The number of fused-ring (bicyclic) bond motifs is 1. The molecule has 0 unspecified atom stereocenters. The van der Waals surface area contributed by atoms with Crippen LogP contribution in [0.5, 0.6) is 0 Å². The Labute approximate surface area is 194 Å². The zero-order chi connectivity index (χ0) is 22.1. The largest absolute Gasteiger partial charge is 0.335 e. The van der Waals surface area contributed by atoms with E-state index in [2.05, 4.69) is 27.2 Å². The molecule has 1 N–H and O–H groups in total. The molecule has 1 fully saturated rings. The van der Waals surface area contributed by atoms with E-state index in [1.54, 1.807) is 29.5 Å². The Morgan fingerprint density at radius 1 is 0.969 bits per heavy atom. The summed E-state index contributed by atoms with van der Waals surface area (Å²) >= 11 is 8.09. The monoisotopic (exact) mass is 464 g/mol. The van der Waals surface area contributed by atoms with E-state index in [9.17, 15) is 9.59 Å². The second-order valence-corrected chi connectivity index (χ2v) is 9.34. The van der Waals surface area contributed by atoms with Gasteiger partial charge in [0.1, 0.15) is 0 Å². The van der Waals surface area contributed by atoms with Crippen molar-refractivity contribution in [1.29, 1.82) is 0 Å². The fourth-order valence-electron chi connectivity index (χ4n) is 4.03. The number of rotatable bonds is 4. The first-order valence-corrected chi connectivity index (χ1v) is 11.6. The molecule has 8 heteroatoms. The Morgan fingerprint density at radius 2 is 1.69 bits per heavy atom. The van der Waals surface area contributed by atoms with E-state index in [0.717, 1.165) is 35.1 Å². The maximum absolute atomic E-state index is 13.1. The molecular formula is C24H21ClN4O2S. The SMILES string of the molecule is O=C(c1n[nH]c(=O)c2ccccc12)N1CCN(Cc2ccc(-c3ccccc3Cl)s2)CC1. The quantitative estimate of drug-likeness (QED) is 0.490. The molecule has 4 aromatic rings. The van der Waals surface area contributed by atoms with Crippen LogP contribution in [0.2, 0.25) is 5.02 Å². The molecule has 1 saturated heterocycles. The van der Waals surface area contributed by atoms with Gasteiger partial charge in [-0.25, -0.2) is 5.10 Å². The number of carbonyl (C=O) groups is 1. The third kappa shape index (κ3) is 4.07. The molecule has 0 spiro atoms. The van der Waals surface area contributed by atoms with E-state index in [-0.39, 0.29) is 11.5 Å². The van der Waals surface area contributed by atoms with E-state index < -0.39 is 0 Å². The van der Waals surface area contributed by atoms with Gasteiger partial charge in [-0.05, 0) is 24.3 Å². The molecule has 32 heavy (non-hydrogen) atoms. The van der Waals surface area contributed by atoms with Gasteiger partial charge in [0.05, 0.1) is 5.39 Å². The highest BCUT2D eigenvalue weighted by Crippen LogP contribution is 2.33. The summed E-state index contributed by atoms with van der Waals surface area (Å²) in [6, 6.07) is 19.2. The van der Waals surface area contributed by atoms with Crippen molar-refractivity contribution in [2.45, 2.75) is 6.54 Å². The number of thiophene rings is 1. The van der Waals surface area contributed by atoms with Gasteiger partial charge in [0, 0.05) is 58.5 Å². The van der Waals surface area contributed by atoms with Gasteiger partial charge in [0.25, 0.3) is 11.5 Å². The van der Waals surface area contributed by atoms with Crippen LogP contribution in [0.1, 0.15) is 15.4 Å². The summed E-state index contributed by atoms with van der Waals surface area (Å²) in [6.45, 7) is 3.66. The summed E-state index contributed by atoms with van der Waals surface area (Å²) in [5.74, 6) is -0.144. The lowest BCUT2D eigenvalue weighted by atomic mass is 10.1. The first-order chi connectivity index (χ1) is 15.6. The van der Waals surface area contributed by atoms with Crippen molar-refractivity contribution in [3.05, 3.63) is 86.6 Å². The smallest absolute Gasteiger partial charge is 0.275 e. The van der Waals surface area contributed by atoms with Crippen LogP contribution in [-0.4, -0.2) is 52.1 Å². The van der Waals surface area contributed by atoms with Crippen molar-refractivity contribution in [2.24, 2.45) is 0 Å². The number of carbonyl (C=O) groups excluding carboxylic acids is 1. The zero-order valence-corrected chi connectivity index (χ0v) is 18.8. The lowest BCUT2D eigenvalue weighted by molar-refractivity contribution is 0.0625.